The Hall–Kier alpha value is -2.84. The molecule has 1 heterocycles. The lowest BCUT2D eigenvalue weighted by atomic mass is 10.1. The number of aryl methyl sites for hydroxylation is 1. The third-order valence-corrected chi connectivity index (χ3v) is 6.06. The van der Waals surface area contributed by atoms with Crippen molar-refractivity contribution >= 4 is 40.7 Å². The number of carbonyl (C=O) groups is 2. The molecule has 0 fully saturated rings. The highest BCUT2D eigenvalue weighted by Gasteiger charge is 2.07. The molecule has 0 aliphatic heterocycles. The maximum absolute atomic E-state index is 12.3. The molecular weight excluding hydrogens is 392 g/mol. The zero-order valence-corrected chi connectivity index (χ0v) is 16.9. The molecule has 0 saturated carbocycles. The second-order valence-electron chi connectivity index (χ2n) is 6.11. The lowest BCUT2D eigenvalue weighted by molar-refractivity contribution is 0.0951. The highest BCUT2D eigenvalue weighted by atomic mass is 32.2. The Bertz CT molecular complexity index is 953. The molecule has 3 rings (SSSR count). The number of carbonyl (C=O) groups excluding carboxylic acids is 2. The molecule has 8 heteroatoms. The highest BCUT2D eigenvalue weighted by molar-refractivity contribution is 8.00. The van der Waals surface area contributed by atoms with Gasteiger partial charge >= 0.3 is 6.03 Å². The van der Waals surface area contributed by atoms with Crippen LogP contribution >= 0.6 is 23.1 Å². The van der Waals surface area contributed by atoms with Gasteiger partial charge in [-0.25, -0.2) is 9.78 Å². The zero-order valence-electron chi connectivity index (χ0n) is 15.3. The molecule has 6 nitrogen and oxygen atoms in total. The number of hydrogen-bond donors (Lipinski definition) is 3. The topological polar surface area (TPSA) is 97.1 Å². The first-order valence-corrected chi connectivity index (χ1v) is 10.4. The predicted molar refractivity (Wildman–Crippen MR) is 114 cm³/mol. The molecular formula is C20H20N4O2S2. The molecule has 0 radical (unpaired) electrons. The normalized spacial score (nSPS) is 10.5. The predicted octanol–water partition coefficient (Wildman–Crippen LogP) is 4.16. The van der Waals surface area contributed by atoms with Crippen molar-refractivity contribution in [3.8, 4) is 0 Å². The first-order valence-electron chi connectivity index (χ1n) is 8.57. The third kappa shape index (κ3) is 5.83. The number of urea groups is 1. The number of nitrogens with two attached hydrogens (primary N) is 1. The number of nitrogens with one attached hydrogen (secondary N) is 2. The van der Waals surface area contributed by atoms with E-state index >= 15 is 0 Å². The van der Waals surface area contributed by atoms with Crippen molar-refractivity contribution in [2.75, 3.05) is 5.32 Å². The Kier molecular flexibility index (Phi) is 6.67. The number of rotatable bonds is 7. The van der Waals surface area contributed by atoms with Crippen LogP contribution in [0.15, 0.2) is 58.3 Å². The van der Waals surface area contributed by atoms with E-state index in [4.69, 9.17) is 5.73 Å². The van der Waals surface area contributed by atoms with Crippen LogP contribution < -0.4 is 16.4 Å². The Labute approximate surface area is 171 Å². The largest absolute Gasteiger partial charge is 0.351 e. The fraction of sp³-hybridized carbons (Fsp3) is 0.150. The van der Waals surface area contributed by atoms with Gasteiger partial charge in [0.05, 0.1) is 0 Å². The maximum Gasteiger partial charge on any atom is 0.316 e. The van der Waals surface area contributed by atoms with Crippen LogP contribution in [0.2, 0.25) is 0 Å². The number of primary amides is 1. The zero-order chi connectivity index (χ0) is 19.9. The van der Waals surface area contributed by atoms with E-state index in [-0.39, 0.29) is 5.91 Å². The van der Waals surface area contributed by atoms with E-state index in [1.54, 1.807) is 35.2 Å². The van der Waals surface area contributed by atoms with Crippen LogP contribution in [0, 0.1) is 6.92 Å². The van der Waals surface area contributed by atoms with E-state index in [2.05, 4.69) is 15.6 Å². The van der Waals surface area contributed by atoms with Crippen molar-refractivity contribution in [1.82, 2.24) is 10.3 Å². The van der Waals surface area contributed by atoms with E-state index in [1.165, 1.54) is 0 Å². The van der Waals surface area contributed by atoms with Crippen LogP contribution in [0.1, 0.15) is 27.2 Å². The summed E-state index contributed by atoms with van der Waals surface area (Å²) in [5.74, 6) is 0.690. The molecule has 144 valence electrons. The van der Waals surface area contributed by atoms with Crippen LogP contribution in [0.3, 0.4) is 0 Å². The first-order chi connectivity index (χ1) is 13.5. The molecule has 4 N–H and O–H groups in total. The van der Waals surface area contributed by atoms with E-state index in [1.807, 2.05) is 48.7 Å². The van der Waals surface area contributed by atoms with Crippen molar-refractivity contribution < 1.29 is 9.59 Å². The summed E-state index contributed by atoms with van der Waals surface area (Å²) in [4.78, 5) is 27.6. The van der Waals surface area contributed by atoms with Crippen molar-refractivity contribution in [3.63, 3.8) is 0 Å². The van der Waals surface area contributed by atoms with Crippen LogP contribution in [0.5, 0.6) is 0 Å². The molecule has 0 unspecified atom stereocenters. The summed E-state index contributed by atoms with van der Waals surface area (Å²) in [6, 6.07) is 14.1. The number of nitrogens with zero attached hydrogens (tertiary/aromatic N) is 1. The lowest BCUT2D eigenvalue weighted by Gasteiger charge is -2.07. The number of thiazole rings is 1. The van der Waals surface area contributed by atoms with Gasteiger partial charge in [0.2, 0.25) is 0 Å². The molecule has 28 heavy (non-hydrogen) atoms. The Morgan fingerprint density at radius 2 is 1.75 bits per heavy atom. The van der Waals surface area contributed by atoms with Crippen LogP contribution in [0.4, 0.5) is 10.5 Å². The third-order valence-electron chi connectivity index (χ3n) is 3.85. The second-order valence-corrected chi connectivity index (χ2v) is 8.19. The molecule has 0 atom stereocenters. The van der Waals surface area contributed by atoms with Gasteiger partial charge in [-0.2, -0.15) is 0 Å². The fourth-order valence-electron chi connectivity index (χ4n) is 2.43. The van der Waals surface area contributed by atoms with Gasteiger partial charge in [0.15, 0.2) is 0 Å². The smallest absolute Gasteiger partial charge is 0.316 e. The summed E-state index contributed by atoms with van der Waals surface area (Å²) in [5, 5.41) is 7.43. The highest BCUT2D eigenvalue weighted by Crippen LogP contribution is 2.26. The monoisotopic (exact) mass is 412 g/mol. The number of aromatic nitrogens is 1. The van der Waals surface area contributed by atoms with Crippen molar-refractivity contribution in [3.05, 3.63) is 76.3 Å². The van der Waals surface area contributed by atoms with Crippen LogP contribution in [0.25, 0.3) is 0 Å². The summed E-state index contributed by atoms with van der Waals surface area (Å²) in [6.07, 6.45) is 0. The van der Waals surface area contributed by atoms with E-state index in [0.717, 1.165) is 26.9 Å². The Balaban J connectivity index is 1.49. The Morgan fingerprint density at radius 1 is 1.07 bits per heavy atom. The average Bonchev–Trinajstić information content (AvgIpc) is 3.11. The minimum Gasteiger partial charge on any atom is -0.351 e. The summed E-state index contributed by atoms with van der Waals surface area (Å²) in [7, 11) is 0. The van der Waals surface area contributed by atoms with Gasteiger partial charge in [-0.1, -0.05) is 36.0 Å². The number of benzene rings is 2. The molecule has 0 bridgehead atoms. The van der Waals surface area contributed by atoms with Crippen molar-refractivity contribution in [2.45, 2.75) is 23.6 Å². The van der Waals surface area contributed by atoms with Gasteiger partial charge in [0.1, 0.15) is 4.34 Å². The van der Waals surface area contributed by atoms with Gasteiger partial charge in [0.25, 0.3) is 5.91 Å². The molecule has 0 saturated heterocycles. The number of thioether (sulfide) groups is 1. The van der Waals surface area contributed by atoms with E-state index in [0.29, 0.717) is 17.8 Å². The maximum atomic E-state index is 12.3. The van der Waals surface area contributed by atoms with Gasteiger partial charge < -0.3 is 16.4 Å². The van der Waals surface area contributed by atoms with Crippen LogP contribution in [-0.4, -0.2) is 16.9 Å². The quantitative estimate of drug-likeness (QED) is 0.508. The lowest BCUT2D eigenvalue weighted by Crippen LogP contribution is -2.22. The first kappa shape index (κ1) is 19.9. The van der Waals surface area contributed by atoms with Gasteiger partial charge in [-0.15, -0.1) is 11.3 Å². The summed E-state index contributed by atoms with van der Waals surface area (Å²) in [5.41, 5.74) is 9.42. The van der Waals surface area contributed by atoms with E-state index in [9.17, 15) is 9.59 Å². The van der Waals surface area contributed by atoms with E-state index < -0.39 is 6.03 Å². The molecule has 0 spiro atoms. The SMILES string of the molecule is Cc1csc(SCc2ccc(C(=O)NCc3ccc(NC(N)=O)cc3)cc2)n1. The minimum atomic E-state index is -0.607. The van der Waals surface area contributed by atoms with Gasteiger partial charge in [0, 0.05) is 34.6 Å². The van der Waals surface area contributed by atoms with Crippen LogP contribution in [-0.2, 0) is 12.3 Å². The summed E-state index contributed by atoms with van der Waals surface area (Å²) < 4.78 is 1.05. The van der Waals surface area contributed by atoms with Crippen molar-refractivity contribution in [2.24, 2.45) is 5.73 Å². The number of anilines is 1. The number of hydrogen-bond acceptors (Lipinski definition) is 5. The molecule has 3 amide bonds. The summed E-state index contributed by atoms with van der Waals surface area (Å²) >= 11 is 3.34. The molecule has 2 aromatic carbocycles. The van der Waals surface area contributed by atoms with Crippen molar-refractivity contribution in [1.29, 1.82) is 0 Å². The number of amides is 3. The second kappa shape index (κ2) is 9.38. The summed E-state index contributed by atoms with van der Waals surface area (Å²) in [6.45, 7) is 2.39. The standard InChI is InChI=1S/C20H20N4O2S2/c1-13-11-27-20(23-13)28-12-15-2-6-16(7-3-15)18(25)22-10-14-4-8-17(9-5-14)24-19(21)26/h2-9,11H,10,12H2,1H3,(H,22,25)(H3,21,24,26). The molecule has 3 aromatic rings. The van der Waals surface area contributed by atoms with Gasteiger partial charge in [-0.05, 0) is 42.3 Å². The molecule has 1 aromatic heterocycles. The minimum absolute atomic E-state index is 0.130. The Morgan fingerprint density at radius 3 is 2.36 bits per heavy atom. The molecule has 0 aliphatic rings. The van der Waals surface area contributed by atoms with Gasteiger partial charge in [-0.3, -0.25) is 4.79 Å². The molecule has 0 aliphatic carbocycles. The average molecular weight is 413 g/mol. The fourth-order valence-corrected chi connectivity index (χ4v) is 4.23.